The van der Waals surface area contributed by atoms with Crippen molar-refractivity contribution < 1.29 is 54.9 Å². The molecule has 0 spiro atoms. The molecule has 0 aliphatic carbocycles. The molecule has 3 heterocycles. The maximum absolute atomic E-state index is 14.7. The van der Waals surface area contributed by atoms with Gasteiger partial charge in [0.25, 0.3) is 11.5 Å². The number of allylic oxidation sites excluding steroid dienone is 1. The summed E-state index contributed by atoms with van der Waals surface area (Å²) in [6, 6.07) is 13.2. The van der Waals surface area contributed by atoms with Crippen LogP contribution in [-0.2, 0) is 32.1 Å². The van der Waals surface area contributed by atoms with E-state index >= 15 is 0 Å². The number of anilines is 1. The lowest BCUT2D eigenvalue weighted by Gasteiger charge is -2.46. The molecule has 3 aromatic carbocycles. The first kappa shape index (κ1) is 39.4. The van der Waals surface area contributed by atoms with Gasteiger partial charge in [-0.05, 0) is 68.7 Å². The lowest BCUT2D eigenvalue weighted by atomic mass is 9.89. The van der Waals surface area contributed by atoms with Gasteiger partial charge in [-0.25, -0.2) is 4.79 Å². The lowest BCUT2D eigenvalue weighted by Crippen LogP contribution is -2.60. The Labute approximate surface area is 313 Å². The highest BCUT2D eigenvalue weighted by Crippen LogP contribution is 2.54. The number of amides is 4. The zero-order valence-corrected chi connectivity index (χ0v) is 30.5. The topological polar surface area (TPSA) is 101 Å². The van der Waals surface area contributed by atoms with Crippen molar-refractivity contribution in [2.75, 3.05) is 37.7 Å². The van der Waals surface area contributed by atoms with Crippen LogP contribution in [0.2, 0.25) is 0 Å². The van der Waals surface area contributed by atoms with Crippen molar-refractivity contribution in [3.05, 3.63) is 95.1 Å². The van der Waals surface area contributed by atoms with Gasteiger partial charge < -0.3 is 29.3 Å². The van der Waals surface area contributed by atoms with Crippen LogP contribution in [0.3, 0.4) is 0 Å². The highest BCUT2D eigenvalue weighted by Gasteiger charge is 2.73. The van der Waals surface area contributed by atoms with Gasteiger partial charge in [0.2, 0.25) is 5.91 Å². The fourth-order valence-electron chi connectivity index (χ4n) is 7.28. The summed E-state index contributed by atoms with van der Waals surface area (Å²) in [5.74, 6) is -0.235. The number of hydrogen-bond donors (Lipinski definition) is 1. The minimum Gasteiger partial charge on any atom is -0.486 e. The molecular formula is C39H40F6N4O6. The predicted octanol–water partition coefficient (Wildman–Crippen LogP) is 6.92. The van der Waals surface area contributed by atoms with Crippen LogP contribution >= 0.6 is 0 Å². The number of nitrogens with zero attached hydrogens (tertiary/aromatic N) is 3. The Morgan fingerprint density at radius 2 is 1.58 bits per heavy atom. The number of carbonyl (C=O) groups is 3. The molecule has 2 unspecified atom stereocenters. The summed E-state index contributed by atoms with van der Waals surface area (Å²) < 4.78 is 104. The first-order chi connectivity index (χ1) is 25.9. The van der Waals surface area contributed by atoms with Crippen molar-refractivity contribution >= 4 is 29.6 Å². The van der Waals surface area contributed by atoms with Crippen molar-refractivity contribution in [3.63, 3.8) is 0 Å². The zero-order valence-electron chi connectivity index (χ0n) is 30.5. The molecule has 16 heteroatoms. The Morgan fingerprint density at radius 1 is 0.909 bits per heavy atom. The third kappa shape index (κ3) is 7.19. The summed E-state index contributed by atoms with van der Waals surface area (Å²) in [6.45, 7) is 6.00. The van der Waals surface area contributed by atoms with E-state index in [0.717, 1.165) is 17.0 Å². The number of fused-ring (bicyclic) bond motifs is 1. The zero-order chi connectivity index (χ0) is 39.9. The Hall–Kier alpha value is -5.25. The smallest absolute Gasteiger partial charge is 0.430 e. The largest absolute Gasteiger partial charge is 0.486 e. The molecular weight excluding hydrogens is 734 g/mol. The van der Waals surface area contributed by atoms with Crippen LogP contribution in [0.25, 0.3) is 6.08 Å². The van der Waals surface area contributed by atoms with E-state index in [9.17, 15) is 40.7 Å². The maximum atomic E-state index is 14.7. The summed E-state index contributed by atoms with van der Waals surface area (Å²) in [5, 5.41) is 2.68. The Kier molecular flexibility index (Phi) is 10.6. The van der Waals surface area contributed by atoms with Gasteiger partial charge in [-0.3, -0.25) is 14.5 Å². The lowest BCUT2D eigenvalue weighted by molar-refractivity contribution is -0.392. The molecule has 3 atom stereocenters. The van der Waals surface area contributed by atoms with Gasteiger partial charge in [0.15, 0.2) is 11.5 Å². The number of carbonyl (C=O) groups excluding carboxylic acids is 3. The van der Waals surface area contributed by atoms with E-state index in [1.165, 1.54) is 54.3 Å². The van der Waals surface area contributed by atoms with Gasteiger partial charge in [0.1, 0.15) is 25.3 Å². The van der Waals surface area contributed by atoms with E-state index < -0.39 is 72.1 Å². The molecule has 10 nitrogen and oxygen atoms in total. The molecule has 3 aliphatic rings. The third-order valence-corrected chi connectivity index (χ3v) is 10.2. The number of rotatable bonds is 9. The number of imide groups is 1. The van der Waals surface area contributed by atoms with Gasteiger partial charge in [0, 0.05) is 36.4 Å². The number of nitrogens with one attached hydrogen (secondary N) is 1. The average Bonchev–Trinajstić information content (AvgIpc) is 3.35. The maximum Gasteiger partial charge on any atom is 0.430 e. The second-order valence-electron chi connectivity index (χ2n) is 13.9. The van der Waals surface area contributed by atoms with Crippen molar-refractivity contribution in [2.45, 2.75) is 69.9 Å². The molecule has 3 aliphatic heterocycles. The molecule has 1 N–H and O–H groups in total. The van der Waals surface area contributed by atoms with Crippen LogP contribution in [0.15, 0.2) is 72.8 Å². The molecule has 55 heavy (non-hydrogen) atoms. The molecule has 2 saturated heterocycles. The van der Waals surface area contributed by atoms with Crippen LogP contribution in [-0.4, -0.2) is 84.9 Å². The number of piperazine rings is 1. The number of urea groups is 1. The van der Waals surface area contributed by atoms with Crippen molar-refractivity contribution in [2.24, 2.45) is 0 Å². The number of alkyl halides is 6. The fourth-order valence-corrected chi connectivity index (χ4v) is 7.28. The van der Waals surface area contributed by atoms with E-state index in [2.05, 4.69) is 5.32 Å². The summed E-state index contributed by atoms with van der Waals surface area (Å²) in [6.07, 6.45) is -8.84. The second kappa shape index (κ2) is 14.8. The summed E-state index contributed by atoms with van der Waals surface area (Å²) in [5.41, 5.74) is -6.25. The van der Waals surface area contributed by atoms with E-state index in [0.29, 0.717) is 36.0 Å². The van der Waals surface area contributed by atoms with Gasteiger partial charge >= 0.3 is 18.4 Å². The molecule has 3 aromatic rings. The van der Waals surface area contributed by atoms with Gasteiger partial charge in [0.05, 0.1) is 6.61 Å². The molecule has 4 amide bonds. The average molecular weight is 775 g/mol. The highest BCUT2D eigenvalue weighted by molar-refractivity contribution is 6.09. The Morgan fingerprint density at radius 3 is 2.24 bits per heavy atom. The van der Waals surface area contributed by atoms with E-state index in [-0.39, 0.29) is 24.2 Å². The van der Waals surface area contributed by atoms with Crippen molar-refractivity contribution in [1.82, 2.24) is 15.1 Å². The quantitative estimate of drug-likeness (QED) is 0.186. The normalized spacial score (nSPS) is 22.0. The SMILES string of the molecule is C/C=C\c1cc(C(OCc2ccccc2)(C(F)(F)F)C(F)(F)F)ccc1N1CC(C)N(C(=O)CN2C(=O)N[C@](C)(c3ccc4c(c3)OCCO4)C2=O)CC1C. The molecule has 294 valence electrons. The third-order valence-electron chi connectivity index (χ3n) is 10.2. The minimum atomic E-state index is -5.88. The predicted molar refractivity (Wildman–Crippen MR) is 189 cm³/mol. The number of benzene rings is 3. The minimum absolute atomic E-state index is 0.0787. The number of halogens is 6. The van der Waals surface area contributed by atoms with Gasteiger partial charge in [-0.15, -0.1) is 0 Å². The first-order valence-electron chi connectivity index (χ1n) is 17.6. The summed E-state index contributed by atoms with van der Waals surface area (Å²) in [7, 11) is 0. The number of ether oxygens (including phenoxy) is 3. The Balaban J connectivity index is 1.22. The van der Waals surface area contributed by atoms with Crippen LogP contribution in [0.4, 0.5) is 36.8 Å². The van der Waals surface area contributed by atoms with E-state index in [1.54, 1.807) is 49.9 Å². The fraction of sp³-hybridized carbons (Fsp3) is 0.410. The van der Waals surface area contributed by atoms with Crippen LogP contribution < -0.4 is 19.7 Å². The molecule has 6 rings (SSSR count). The van der Waals surface area contributed by atoms with Crippen LogP contribution in [0.1, 0.15) is 49.9 Å². The van der Waals surface area contributed by atoms with Crippen molar-refractivity contribution in [3.8, 4) is 11.5 Å². The number of hydrogen-bond acceptors (Lipinski definition) is 7. The second-order valence-corrected chi connectivity index (χ2v) is 13.9. The van der Waals surface area contributed by atoms with E-state index in [4.69, 9.17) is 14.2 Å². The van der Waals surface area contributed by atoms with Crippen molar-refractivity contribution in [1.29, 1.82) is 0 Å². The molecule has 0 saturated carbocycles. The molecule has 0 bridgehead atoms. The highest BCUT2D eigenvalue weighted by atomic mass is 19.4. The summed E-state index contributed by atoms with van der Waals surface area (Å²) >= 11 is 0. The monoisotopic (exact) mass is 774 g/mol. The molecule has 0 radical (unpaired) electrons. The van der Waals surface area contributed by atoms with E-state index in [1.807, 2.05) is 0 Å². The van der Waals surface area contributed by atoms with Crippen LogP contribution in [0.5, 0.6) is 11.5 Å². The van der Waals surface area contributed by atoms with Crippen LogP contribution in [0, 0.1) is 0 Å². The van der Waals surface area contributed by atoms with Gasteiger partial charge in [-0.2, -0.15) is 26.3 Å². The van der Waals surface area contributed by atoms with Gasteiger partial charge in [-0.1, -0.05) is 54.6 Å². The molecule has 2 fully saturated rings. The standard InChI is InChI=1S/C39H40F6N4O6/c1-5-9-27-18-29(37(38(40,41)42,39(43,44)45)55-23-26-10-7-6-8-11-26)12-14-30(27)47-20-25(3)48(21-24(47)2)33(50)22-49-34(51)36(4,46-35(49)52)28-13-15-31-32(19-28)54-17-16-53-31/h5-15,18-19,24-25H,16-17,20-23H2,1-4H3,(H,46,52)/b9-5-/t24?,25?,36-/m1/s1. The Bertz CT molecular complexity index is 1960. The summed E-state index contributed by atoms with van der Waals surface area (Å²) in [4.78, 5) is 44.6. The molecule has 0 aromatic heterocycles. The first-order valence-corrected chi connectivity index (χ1v) is 17.6.